The van der Waals surface area contributed by atoms with E-state index < -0.39 is 0 Å². The normalized spacial score (nSPS) is 11.1. The van der Waals surface area contributed by atoms with E-state index >= 15 is 0 Å². The fourth-order valence-electron chi connectivity index (χ4n) is 2.24. The van der Waals surface area contributed by atoms with Crippen molar-refractivity contribution in [2.75, 3.05) is 0 Å². The molecule has 0 aliphatic heterocycles. The molecule has 0 aliphatic rings. The van der Waals surface area contributed by atoms with Gasteiger partial charge in [-0.15, -0.1) is 17.7 Å². The van der Waals surface area contributed by atoms with Gasteiger partial charge in [0.2, 0.25) is 0 Å². The standard InChI is InChI=1S/C17H13FN4S2/c1-11-15(20-19-14-9-5-8-13(18)10-14)16(21-22(11)17(23)24)12-6-3-2-4-7-12/h2-10H,1H3,(H,23,24). The molecule has 4 nitrogen and oxygen atoms in total. The van der Waals surface area contributed by atoms with Crippen LogP contribution in [0.3, 0.4) is 0 Å². The Labute approximate surface area is 149 Å². The van der Waals surface area contributed by atoms with Gasteiger partial charge in [-0.2, -0.15) is 10.2 Å². The van der Waals surface area contributed by atoms with Crippen LogP contribution in [0.25, 0.3) is 11.3 Å². The van der Waals surface area contributed by atoms with Gasteiger partial charge in [-0.1, -0.05) is 48.6 Å². The number of benzene rings is 2. The summed E-state index contributed by atoms with van der Waals surface area (Å²) in [5, 5.41) is 12.9. The van der Waals surface area contributed by atoms with E-state index in [1.807, 2.05) is 37.3 Å². The second-order valence-corrected chi connectivity index (χ2v) is 6.14. The van der Waals surface area contributed by atoms with E-state index in [1.165, 1.54) is 16.8 Å². The van der Waals surface area contributed by atoms with Gasteiger partial charge in [-0.25, -0.2) is 9.07 Å². The number of rotatable bonds is 3. The van der Waals surface area contributed by atoms with Crippen molar-refractivity contribution in [1.82, 2.24) is 9.78 Å². The second kappa shape index (κ2) is 7.02. The average molecular weight is 356 g/mol. The summed E-state index contributed by atoms with van der Waals surface area (Å²) in [7, 11) is 0. The van der Waals surface area contributed by atoms with E-state index in [4.69, 9.17) is 12.2 Å². The molecular formula is C17H13FN4S2. The number of hydrogen-bond acceptors (Lipinski definition) is 4. The van der Waals surface area contributed by atoms with Gasteiger partial charge in [0.1, 0.15) is 17.2 Å². The quantitative estimate of drug-likeness (QED) is 0.384. The van der Waals surface area contributed by atoms with Gasteiger partial charge in [0.05, 0.1) is 11.4 Å². The lowest BCUT2D eigenvalue weighted by Crippen LogP contribution is -2.05. The van der Waals surface area contributed by atoms with Crippen LogP contribution in [-0.4, -0.2) is 14.1 Å². The van der Waals surface area contributed by atoms with E-state index in [9.17, 15) is 4.39 Å². The molecule has 0 spiro atoms. The van der Waals surface area contributed by atoms with E-state index in [2.05, 4.69) is 28.0 Å². The average Bonchev–Trinajstić information content (AvgIpc) is 2.91. The van der Waals surface area contributed by atoms with Crippen LogP contribution in [0.2, 0.25) is 0 Å². The maximum absolute atomic E-state index is 13.3. The van der Waals surface area contributed by atoms with Crippen molar-refractivity contribution in [3.63, 3.8) is 0 Å². The number of azo groups is 1. The van der Waals surface area contributed by atoms with Crippen LogP contribution >= 0.6 is 24.8 Å². The molecule has 3 aromatic rings. The Balaban J connectivity index is 2.10. The van der Waals surface area contributed by atoms with Gasteiger partial charge in [0.15, 0.2) is 4.32 Å². The molecule has 7 heteroatoms. The summed E-state index contributed by atoms with van der Waals surface area (Å²) in [6.07, 6.45) is 0. The summed E-state index contributed by atoms with van der Waals surface area (Å²) in [6.45, 7) is 1.84. The highest BCUT2D eigenvalue weighted by molar-refractivity contribution is 8.11. The molecule has 2 aromatic carbocycles. The number of aromatic nitrogens is 2. The molecule has 1 aromatic heterocycles. The highest BCUT2D eigenvalue weighted by atomic mass is 32.1. The number of thiol groups is 1. The predicted octanol–water partition coefficient (Wildman–Crippen LogP) is 5.48. The summed E-state index contributed by atoms with van der Waals surface area (Å²) in [4.78, 5) is 0. The summed E-state index contributed by atoms with van der Waals surface area (Å²) >= 11 is 9.30. The van der Waals surface area contributed by atoms with Crippen molar-refractivity contribution in [2.45, 2.75) is 6.92 Å². The Morgan fingerprint density at radius 2 is 1.88 bits per heavy atom. The minimum absolute atomic E-state index is 0.317. The first-order valence-electron chi connectivity index (χ1n) is 7.12. The minimum Gasteiger partial charge on any atom is -0.218 e. The second-order valence-electron chi connectivity index (χ2n) is 5.02. The van der Waals surface area contributed by atoms with Crippen LogP contribution in [-0.2, 0) is 0 Å². The summed E-state index contributed by atoms with van der Waals surface area (Å²) in [5.41, 5.74) is 3.24. The van der Waals surface area contributed by atoms with Crippen molar-refractivity contribution in [3.8, 4) is 11.3 Å². The largest absolute Gasteiger partial charge is 0.218 e. The lowest BCUT2D eigenvalue weighted by molar-refractivity contribution is 0.628. The first-order valence-corrected chi connectivity index (χ1v) is 7.97. The molecule has 120 valence electrons. The first kappa shape index (κ1) is 16.5. The van der Waals surface area contributed by atoms with Crippen molar-refractivity contribution in [2.24, 2.45) is 10.2 Å². The Hall–Kier alpha value is -2.38. The van der Waals surface area contributed by atoms with Crippen molar-refractivity contribution in [3.05, 3.63) is 66.1 Å². The molecule has 0 bridgehead atoms. The van der Waals surface area contributed by atoms with Gasteiger partial charge >= 0.3 is 0 Å². The van der Waals surface area contributed by atoms with Gasteiger partial charge in [-0.3, -0.25) is 0 Å². The molecule has 24 heavy (non-hydrogen) atoms. The third-order valence-electron chi connectivity index (χ3n) is 3.39. The molecule has 0 fully saturated rings. The SMILES string of the molecule is Cc1c(N=Nc2cccc(F)c2)c(-c2ccccc2)nn1C(=S)S. The van der Waals surface area contributed by atoms with Crippen LogP contribution in [0.4, 0.5) is 15.8 Å². The zero-order valence-electron chi connectivity index (χ0n) is 12.7. The number of hydrogen-bond donors (Lipinski definition) is 1. The Morgan fingerprint density at radius 3 is 2.54 bits per heavy atom. The number of halogens is 1. The molecule has 0 radical (unpaired) electrons. The smallest absolute Gasteiger partial charge is 0.158 e. The molecule has 0 atom stereocenters. The molecule has 0 unspecified atom stereocenters. The zero-order chi connectivity index (χ0) is 17.1. The molecule has 0 aliphatic carbocycles. The highest BCUT2D eigenvalue weighted by Crippen LogP contribution is 2.34. The fraction of sp³-hybridized carbons (Fsp3) is 0.0588. The summed E-state index contributed by atoms with van der Waals surface area (Å²) < 4.78 is 15.1. The lowest BCUT2D eigenvalue weighted by Gasteiger charge is -1.98. The van der Waals surface area contributed by atoms with Crippen LogP contribution in [0, 0.1) is 12.7 Å². The molecule has 0 amide bonds. The van der Waals surface area contributed by atoms with Gasteiger partial charge < -0.3 is 0 Å². The van der Waals surface area contributed by atoms with Gasteiger partial charge in [0, 0.05) is 11.6 Å². The summed E-state index contributed by atoms with van der Waals surface area (Å²) in [6, 6.07) is 15.5. The first-order chi connectivity index (χ1) is 11.6. The Bertz CT molecular complexity index is 920. The zero-order valence-corrected chi connectivity index (χ0v) is 14.4. The molecular weight excluding hydrogens is 343 g/mol. The highest BCUT2D eigenvalue weighted by Gasteiger charge is 2.17. The van der Waals surface area contributed by atoms with E-state index in [-0.39, 0.29) is 5.82 Å². The number of thiocarbonyl (C=S) groups is 1. The van der Waals surface area contributed by atoms with Crippen molar-refractivity contribution in [1.29, 1.82) is 0 Å². The maximum Gasteiger partial charge on any atom is 0.158 e. The minimum atomic E-state index is -0.362. The third kappa shape index (κ3) is 3.42. The van der Waals surface area contributed by atoms with Crippen LogP contribution < -0.4 is 0 Å². The van der Waals surface area contributed by atoms with Crippen LogP contribution in [0.1, 0.15) is 5.69 Å². The van der Waals surface area contributed by atoms with E-state index in [1.54, 1.807) is 12.1 Å². The van der Waals surface area contributed by atoms with Crippen molar-refractivity contribution >= 4 is 40.5 Å². The topological polar surface area (TPSA) is 42.5 Å². The molecule has 0 saturated heterocycles. The molecule has 1 heterocycles. The van der Waals surface area contributed by atoms with Crippen molar-refractivity contribution < 1.29 is 4.39 Å². The monoisotopic (exact) mass is 356 g/mol. The van der Waals surface area contributed by atoms with Gasteiger partial charge in [-0.05, 0) is 19.1 Å². The molecule has 3 rings (SSSR count). The molecule has 0 saturated carbocycles. The number of nitrogens with zero attached hydrogens (tertiary/aromatic N) is 4. The predicted molar refractivity (Wildman–Crippen MR) is 100.0 cm³/mol. The van der Waals surface area contributed by atoms with Crippen LogP contribution in [0.5, 0.6) is 0 Å². The Kier molecular flexibility index (Phi) is 4.82. The fourth-order valence-corrected chi connectivity index (χ4v) is 2.61. The maximum atomic E-state index is 13.3. The lowest BCUT2D eigenvalue weighted by atomic mass is 10.1. The molecule has 0 N–H and O–H groups in total. The van der Waals surface area contributed by atoms with E-state index in [0.29, 0.717) is 27.1 Å². The van der Waals surface area contributed by atoms with Crippen LogP contribution in [0.15, 0.2) is 64.8 Å². The third-order valence-corrected chi connectivity index (χ3v) is 3.75. The van der Waals surface area contributed by atoms with E-state index in [0.717, 1.165) is 5.56 Å². The van der Waals surface area contributed by atoms with Gasteiger partial charge in [0.25, 0.3) is 0 Å². The Morgan fingerprint density at radius 1 is 1.12 bits per heavy atom. The summed E-state index contributed by atoms with van der Waals surface area (Å²) in [5.74, 6) is -0.362.